The van der Waals surface area contributed by atoms with Crippen LogP contribution in [0.1, 0.15) is 39.0 Å². The Kier molecular flexibility index (Phi) is 4.74. The zero-order chi connectivity index (χ0) is 12.2. The highest BCUT2D eigenvalue weighted by Crippen LogP contribution is 2.38. The zero-order valence-corrected chi connectivity index (χ0v) is 10.7. The molecule has 0 aromatic heterocycles. The van der Waals surface area contributed by atoms with Gasteiger partial charge in [-0.15, -0.1) is 0 Å². The first kappa shape index (κ1) is 13.5. The highest BCUT2D eigenvalue weighted by molar-refractivity contribution is 5.77. The van der Waals surface area contributed by atoms with Crippen LogP contribution in [0, 0.1) is 0 Å². The van der Waals surface area contributed by atoms with E-state index in [0.29, 0.717) is 6.42 Å². The Morgan fingerprint density at radius 2 is 2.19 bits per heavy atom. The van der Waals surface area contributed by atoms with Crippen LogP contribution in [0.25, 0.3) is 0 Å². The number of ether oxygens (including phenoxy) is 1. The van der Waals surface area contributed by atoms with E-state index >= 15 is 0 Å². The number of nitrogens with two attached hydrogens (primary N) is 1. The van der Waals surface area contributed by atoms with Gasteiger partial charge < -0.3 is 15.4 Å². The lowest BCUT2D eigenvalue weighted by Crippen LogP contribution is -2.44. The molecule has 4 heteroatoms. The summed E-state index contributed by atoms with van der Waals surface area (Å²) < 4.78 is 5.45. The SMILES string of the molecule is COC1(CC(=O)N(C)CCC(C)N)CCC1. The van der Waals surface area contributed by atoms with E-state index in [-0.39, 0.29) is 17.6 Å². The molecule has 0 saturated heterocycles. The van der Waals surface area contributed by atoms with E-state index in [2.05, 4.69) is 0 Å². The van der Waals surface area contributed by atoms with Crippen LogP contribution in [-0.4, -0.2) is 43.2 Å². The predicted octanol–water partition coefficient (Wildman–Crippen LogP) is 1.14. The van der Waals surface area contributed by atoms with Crippen LogP contribution in [-0.2, 0) is 9.53 Å². The monoisotopic (exact) mass is 228 g/mol. The third kappa shape index (κ3) is 3.46. The number of rotatable bonds is 6. The largest absolute Gasteiger partial charge is 0.378 e. The molecule has 0 aliphatic heterocycles. The van der Waals surface area contributed by atoms with Gasteiger partial charge in [0.15, 0.2) is 0 Å². The highest BCUT2D eigenvalue weighted by atomic mass is 16.5. The minimum absolute atomic E-state index is 0.148. The molecule has 0 bridgehead atoms. The van der Waals surface area contributed by atoms with Crippen LogP contribution in [0.5, 0.6) is 0 Å². The van der Waals surface area contributed by atoms with E-state index in [1.165, 1.54) is 6.42 Å². The molecule has 0 aromatic rings. The number of hydrogen-bond acceptors (Lipinski definition) is 3. The zero-order valence-electron chi connectivity index (χ0n) is 10.7. The fourth-order valence-corrected chi connectivity index (χ4v) is 1.96. The maximum Gasteiger partial charge on any atom is 0.225 e. The van der Waals surface area contributed by atoms with Gasteiger partial charge in [0.05, 0.1) is 12.0 Å². The predicted molar refractivity (Wildman–Crippen MR) is 64.1 cm³/mol. The molecule has 94 valence electrons. The maximum absolute atomic E-state index is 11.9. The molecule has 1 saturated carbocycles. The molecule has 16 heavy (non-hydrogen) atoms. The van der Waals surface area contributed by atoms with Gasteiger partial charge in [0, 0.05) is 26.7 Å². The van der Waals surface area contributed by atoms with Crippen molar-refractivity contribution in [2.75, 3.05) is 20.7 Å². The van der Waals surface area contributed by atoms with Gasteiger partial charge >= 0.3 is 0 Å². The van der Waals surface area contributed by atoms with Gasteiger partial charge in [-0.3, -0.25) is 4.79 Å². The summed E-state index contributed by atoms with van der Waals surface area (Å²) in [6, 6.07) is 0.148. The van der Waals surface area contributed by atoms with Crippen LogP contribution >= 0.6 is 0 Å². The van der Waals surface area contributed by atoms with Crippen molar-refractivity contribution in [3.63, 3.8) is 0 Å². The third-order valence-corrected chi connectivity index (χ3v) is 3.52. The summed E-state index contributed by atoms with van der Waals surface area (Å²) in [5.74, 6) is 0.169. The molecule has 1 aliphatic rings. The van der Waals surface area contributed by atoms with Crippen molar-refractivity contribution in [3.8, 4) is 0 Å². The van der Waals surface area contributed by atoms with E-state index in [1.807, 2.05) is 14.0 Å². The summed E-state index contributed by atoms with van der Waals surface area (Å²) in [6.45, 7) is 2.69. The Hall–Kier alpha value is -0.610. The average Bonchev–Trinajstić information content (AvgIpc) is 2.19. The summed E-state index contributed by atoms with van der Waals surface area (Å²) in [5, 5.41) is 0. The minimum Gasteiger partial charge on any atom is -0.378 e. The molecule has 0 spiro atoms. The maximum atomic E-state index is 11.9. The molecule has 1 fully saturated rings. The topological polar surface area (TPSA) is 55.6 Å². The van der Waals surface area contributed by atoms with Crippen LogP contribution in [0.4, 0.5) is 0 Å². The van der Waals surface area contributed by atoms with Crippen molar-refractivity contribution in [1.82, 2.24) is 4.90 Å². The fraction of sp³-hybridized carbons (Fsp3) is 0.917. The smallest absolute Gasteiger partial charge is 0.225 e. The number of hydrogen-bond donors (Lipinski definition) is 1. The number of methoxy groups -OCH3 is 1. The van der Waals surface area contributed by atoms with Crippen LogP contribution in [0.15, 0.2) is 0 Å². The van der Waals surface area contributed by atoms with Gasteiger partial charge in [-0.2, -0.15) is 0 Å². The van der Waals surface area contributed by atoms with E-state index in [0.717, 1.165) is 25.8 Å². The lowest BCUT2D eigenvalue weighted by Gasteiger charge is -2.40. The summed E-state index contributed by atoms with van der Waals surface area (Å²) in [4.78, 5) is 13.7. The van der Waals surface area contributed by atoms with E-state index in [9.17, 15) is 4.79 Å². The van der Waals surface area contributed by atoms with Gasteiger partial charge in [0.2, 0.25) is 5.91 Å². The van der Waals surface area contributed by atoms with Gasteiger partial charge in [0.1, 0.15) is 0 Å². The molecule has 0 aromatic carbocycles. The third-order valence-electron chi connectivity index (χ3n) is 3.52. The van der Waals surface area contributed by atoms with Crippen molar-refractivity contribution in [1.29, 1.82) is 0 Å². The molecular formula is C12H24N2O2. The fourth-order valence-electron chi connectivity index (χ4n) is 1.96. The molecule has 1 rings (SSSR count). The number of amides is 1. The molecule has 0 radical (unpaired) electrons. The Labute approximate surface area is 98.1 Å². The molecule has 1 aliphatic carbocycles. The second-order valence-corrected chi connectivity index (χ2v) is 5.00. The molecule has 1 amide bonds. The quantitative estimate of drug-likeness (QED) is 0.741. The van der Waals surface area contributed by atoms with Crippen molar-refractivity contribution in [2.24, 2.45) is 5.73 Å². The minimum atomic E-state index is -0.167. The van der Waals surface area contributed by atoms with Crippen LogP contribution < -0.4 is 5.73 Å². The molecule has 1 atom stereocenters. The summed E-state index contributed by atoms with van der Waals surface area (Å²) >= 11 is 0. The van der Waals surface area contributed by atoms with E-state index < -0.39 is 0 Å². The van der Waals surface area contributed by atoms with Gasteiger partial charge in [0.25, 0.3) is 0 Å². The van der Waals surface area contributed by atoms with Crippen molar-refractivity contribution >= 4 is 5.91 Å². The van der Waals surface area contributed by atoms with Crippen LogP contribution in [0.2, 0.25) is 0 Å². The Morgan fingerprint density at radius 1 is 1.56 bits per heavy atom. The summed E-state index contributed by atoms with van der Waals surface area (Å²) in [7, 11) is 3.54. The first-order valence-corrected chi connectivity index (χ1v) is 6.04. The second-order valence-electron chi connectivity index (χ2n) is 5.00. The number of nitrogens with zero attached hydrogens (tertiary/aromatic N) is 1. The number of carbonyl (C=O) groups is 1. The molecular weight excluding hydrogens is 204 g/mol. The van der Waals surface area contributed by atoms with E-state index in [1.54, 1.807) is 12.0 Å². The van der Waals surface area contributed by atoms with Crippen molar-refractivity contribution in [3.05, 3.63) is 0 Å². The number of carbonyl (C=O) groups excluding carboxylic acids is 1. The lowest BCUT2D eigenvalue weighted by atomic mass is 9.77. The Bertz CT molecular complexity index is 232. The standard InChI is InChI=1S/C12H24N2O2/c1-10(13)5-8-14(2)11(15)9-12(16-3)6-4-7-12/h10H,4-9,13H2,1-3H3. The summed E-state index contributed by atoms with van der Waals surface area (Å²) in [5.41, 5.74) is 5.50. The Balaban J connectivity index is 2.33. The molecule has 2 N–H and O–H groups in total. The van der Waals surface area contributed by atoms with E-state index in [4.69, 9.17) is 10.5 Å². The first-order chi connectivity index (χ1) is 7.49. The molecule has 0 heterocycles. The van der Waals surface area contributed by atoms with Gasteiger partial charge in [-0.05, 0) is 32.6 Å². The van der Waals surface area contributed by atoms with Crippen LogP contribution in [0.3, 0.4) is 0 Å². The molecule has 4 nitrogen and oxygen atoms in total. The van der Waals surface area contributed by atoms with Crippen molar-refractivity contribution < 1.29 is 9.53 Å². The van der Waals surface area contributed by atoms with Crippen molar-refractivity contribution in [2.45, 2.75) is 50.7 Å². The second kappa shape index (κ2) is 5.64. The normalized spacial score (nSPS) is 20.0. The molecule has 1 unspecified atom stereocenters. The lowest BCUT2D eigenvalue weighted by molar-refractivity contribution is -0.142. The van der Waals surface area contributed by atoms with Gasteiger partial charge in [-0.1, -0.05) is 0 Å². The average molecular weight is 228 g/mol. The van der Waals surface area contributed by atoms with Gasteiger partial charge in [-0.25, -0.2) is 0 Å². The summed E-state index contributed by atoms with van der Waals surface area (Å²) in [6.07, 6.45) is 4.55. The highest BCUT2D eigenvalue weighted by Gasteiger charge is 2.39. The first-order valence-electron chi connectivity index (χ1n) is 6.04. The Morgan fingerprint density at radius 3 is 2.56 bits per heavy atom.